The zero-order valence-corrected chi connectivity index (χ0v) is 7.64. The Morgan fingerprint density at radius 2 is 1.82 bits per heavy atom. The van der Waals surface area contributed by atoms with Gasteiger partial charge in [0.15, 0.2) is 0 Å². The lowest BCUT2D eigenvalue weighted by Crippen LogP contribution is -1.97. The first-order chi connectivity index (χ1) is 5.35. The summed E-state index contributed by atoms with van der Waals surface area (Å²) in [6.45, 7) is 4.28. The van der Waals surface area contributed by atoms with Gasteiger partial charge in [0.25, 0.3) is 0 Å². The van der Waals surface area contributed by atoms with E-state index in [1.807, 2.05) is 0 Å². The molecule has 0 aliphatic rings. The monoisotopic (exact) mass is 157 g/mol. The molecular weight excluding hydrogens is 138 g/mol. The van der Waals surface area contributed by atoms with Gasteiger partial charge in [-0.25, -0.2) is 0 Å². The lowest BCUT2D eigenvalue weighted by Gasteiger charge is -2.00. The predicted molar refractivity (Wildman–Crippen MR) is 48.3 cm³/mol. The predicted octanol–water partition coefficient (Wildman–Crippen LogP) is 3.20. The quantitative estimate of drug-likeness (QED) is 0.273. The summed E-state index contributed by atoms with van der Waals surface area (Å²) in [4.78, 5) is 0. The maximum absolute atomic E-state index is 8.54. The number of rotatable bonds is 6. The second-order valence-corrected chi connectivity index (χ2v) is 2.87. The molecule has 0 heterocycles. The van der Waals surface area contributed by atoms with Crippen molar-refractivity contribution in [1.82, 2.24) is 0 Å². The van der Waals surface area contributed by atoms with E-state index in [0.29, 0.717) is 0 Å². The SMILES string of the molecule is CCCCC/C(CCC)=N/O. The second-order valence-electron chi connectivity index (χ2n) is 2.87. The van der Waals surface area contributed by atoms with E-state index in [4.69, 9.17) is 5.21 Å². The molecule has 0 saturated carbocycles. The highest BCUT2D eigenvalue weighted by molar-refractivity contribution is 5.83. The van der Waals surface area contributed by atoms with Gasteiger partial charge in [-0.05, 0) is 19.3 Å². The molecule has 0 spiro atoms. The molecular formula is C9H19NO. The van der Waals surface area contributed by atoms with Crippen molar-refractivity contribution in [1.29, 1.82) is 0 Å². The largest absolute Gasteiger partial charge is 0.411 e. The normalized spacial score (nSPS) is 12.0. The van der Waals surface area contributed by atoms with Gasteiger partial charge in [-0.2, -0.15) is 0 Å². The van der Waals surface area contributed by atoms with Crippen molar-refractivity contribution in [2.75, 3.05) is 0 Å². The Morgan fingerprint density at radius 3 is 2.27 bits per heavy atom. The van der Waals surface area contributed by atoms with E-state index in [1.54, 1.807) is 0 Å². The average Bonchev–Trinajstić information content (AvgIpc) is 2.03. The molecule has 0 unspecified atom stereocenters. The summed E-state index contributed by atoms with van der Waals surface area (Å²) in [6.07, 6.45) is 6.62. The molecule has 0 radical (unpaired) electrons. The highest BCUT2D eigenvalue weighted by Crippen LogP contribution is 2.04. The molecule has 0 saturated heterocycles. The van der Waals surface area contributed by atoms with E-state index in [2.05, 4.69) is 19.0 Å². The molecule has 2 heteroatoms. The van der Waals surface area contributed by atoms with E-state index in [9.17, 15) is 0 Å². The molecule has 0 rings (SSSR count). The van der Waals surface area contributed by atoms with Crippen molar-refractivity contribution >= 4 is 5.71 Å². The molecule has 0 aliphatic heterocycles. The Morgan fingerprint density at radius 1 is 1.09 bits per heavy atom. The molecule has 11 heavy (non-hydrogen) atoms. The number of nitrogens with zero attached hydrogens (tertiary/aromatic N) is 1. The maximum atomic E-state index is 8.54. The summed E-state index contributed by atoms with van der Waals surface area (Å²) in [5, 5.41) is 11.8. The standard InChI is InChI=1S/C9H19NO/c1-3-5-6-8-9(10-11)7-4-2/h11H,3-8H2,1-2H3/b10-9+. The van der Waals surface area contributed by atoms with Crippen LogP contribution < -0.4 is 0 Å². The zero-order valence-electron chi connectivity index (χ0n) is 7.64. The Bertz CT molecular complexity index is 110. The van der Waals surface area contributed by atoms with E-state index < -0.39 is 0 Å². The van der Waals surface area contributed by atoms with Gasteiger partial charge in [0, 0.05) is 0 Å². The summed E-state index contributed by atoms with van der Waals surface area (Å²) in [7, 11) is 0. The van der Waals surface area contributed by atoms with Crippen molar-refractivity contribution in [2.24, 2.45) is 5.16 Å². The lowest BCUT2D eigenvalue weighted by molar-refractivity contribution is 0.315. The van der Waals surface area contributed by atoms with Crippen LogP contribution in [0, 0.1) is 0 Å². The second kappa shape index (κ2) is 7.58. The third-order valence-corrected chi connectivity index (χ3v) is 1.75. The van der Waals surface area contributed by atoms with Gasteiger partial charge in [0.2, 0.25) is 0 Å². The van der Waals surface area contributed by atoms with Gasteiger partial charge in [-0.1, -0.05) is 38.3 Å². The molecule has 1 N–H and O–H groups in total. The van der Waals surface area contributed by atoms with Crippen LogP contribution in [0.2, 0.25) is 0 Å². The van der Waals surface area contributed by atoms with Gasteiger partial charge in [-0.15, -0.1) is 0 Å². The van der Waals surface area contributed by atoms with Crippen LogP contribution in [0.5, 0.6) is 0 Å². The summed E-state index contributed by atoms with van der Waals surface area (Å²) in [6, 6.07) is 0. The minimum atomic E-state index is 0.945. The minimum absolute atomic E-state index is 0.945. The van der Waals surface area contributed by atoms with Crippen molar-refractivity contribution < 1.29 is 5.21 Å². The van der Waals surface area contributed by atoms with Crippen LogP contribution >= 0.6 is 0 Å². The van der Waals surface area contributed by atoms with Crippen molar-refractivity contribution in [3.8, 4) is 0 Å². The molecule has 0 aromatic rings. The van der Waals surface area contributed by atoms with Gasteiger partial charge in [0.05, 0.1) is 5.71 Å². The average molecular weight is 157 g/mol. The van der Waals surface area contributed by atoms with Gasteiger partial charge in [0.1, 0.15) is 0 Å². The molecule has 0 aromatic heterocycles. The summed E-state index contributed by atoms with van der Waals surface area (Å²) < 4.78 is 0. The van der Waals surface area contributed by atoms with Crippen LogP contribution in [0.3, 0.4) is 0 Å². The van der Waals surface area contributed by atoms with Crippen molar-refractivity contribution in [3.05, 3.63) is 0 Å². The molecule has 0 bridgehead atoms. The van der Waals surface area contributed by atoms with Crippen molar-refractivity contribution in [2.45, 2.75) is 52.4 Å². The van der Waals surface area contributed by atoms with Gasteiger partial charge < -0.3 is 5.21 Å². The third kappa shape index (κ3) is 5.89. The molecule has 66 valence electrons. The van der Waals surface area contributed by atoms with Crippen LogP contribution in [0.4, 0.5) is 0 Å². The number of oxime groups is 1. The van der Waals surface area contributed by atoms with Crippen LogP contribution in [0.1, 0.15) is 52.4 Å². The van der Waals surface area contributed by atoms with E-state index in [1.165, 1.54) is 12.8 Å². The maximum Gasteiger partial charge on any atom is 0.0570 e. The molecule has 0 amide bonds. The first-order valence-corrected chi connectivity index (χ1v) is 4.54. The Hall–Kier alpha value is -0.530. The lowest BCUT2D eigenvalue weighted by atomic mass is 10.1. The van der Waals surface area contributed by atoms with E-state index in [-0.39, 0.29) is 0 Å². The molecule has 0 aliphatic carbocycles. The summed E-state index contributed by atoms with van der Waals surface area (Å²) in [5.41, 5.74) is 0.959. The molecule has 0 fully saturated rings. The number of unbranched alkanes of at least 4 members (excludes halogenated alkanes) is 2. The topological polar surface area (TPSA) is 32.6 Å². The first kappa shape index (κ1) is 10.5. The fraction of sp³-hybridized carbons (Fsp3) is 0.889. The summed E-state index contributed by atoms with van der Waals surface area (Å²) >= 11 is 0. The fourth-order valence-electron chi connectivity index (χ4n) is 1.09. The van der Waals surface area contributed by atoms with Crippen LogP contribution in [-0.4, -0.2) is 10.9 Å². The van der Waals surface area contributed by atoms with Crippen LogP contribution in [0.15, 0.2) is 5.16 Å². The summed E-state index contributed by atoms with van der Waals surface area (Å²) in [5.74, 6) is 0. The third-order valence-electron chi connectivity index (χ3n) is 1.75. The van der Waals surface area contributed by atoms with Gasteiger partial charge in [-0.3, -0.25) is 0 Å². The van der Waals surface area contributed by atoms with Crippen molar-refractivity contribution in [3.63, 3.8) is 0 Å². The molecule has 0 atom stereocenters. The highest BCUT2D eigenvalue weighted by Gasteiger charge is 1.97. The Balaban J connectivity index is 3.37. The Labute approximate surface area is 69.3 Å². The smallest absolute Gasteiger partial charge is 0.0570 e. The first-order valence-electron chi connectivity index (χ1n) is 4.54. The minimum Gasteiger partial charge on any atom is -0.411 e. The number of hydrogen-bond acceptors (Lipinski definition) is 2. The zero-order chi connectivity index (χ0) is 8.53. The van der Waals surface area contributed by atoms with Crippen LogP contribution in [0.25, 0.3) is 0 Å². The Kier molecular flexibility index (Phi) is 7.21. The van der Waals surface area contributed by atoms with Crippen LogP contribution in [-0.2, 0) is 0 Å². The van der Waals surface area contributed by atoms with E-state index >= 15 is 0 Å². The molecule has 0 aromatic carbocycles. The number of hydrogen-bond donors (Lipinski definition) is 1. The molecule has 2 nitrogen and oxygen atoms in total. The highest BCUT2D eigenvalue weighted by atomic mass is 16.4. The van der Waals surface area contributed by atoms with Gasteiger partial charge >= 0.3 is 0 Å². The van der Waals surface area contributed by atoms with E-state index in [0.717, 1.165) is 31.4 Å². The fourth-order valence-corrected chi connectivity index (χ4v) is 1.09.